The van der Waals surface area contributed by atoms with Crippen molar-refractivity contribution in [2.75, 3.05) is 24.7 Å². The molecule has 0 amide bonds. The summed E-state index contributed by atoms with van der Waals surface area (Å²) in [5.74, 6) is -0.791. The molecule has 13 heavy (non-hydrogen) atoms. The Morgan fingerprint density at radius 3 is 2.69 bits per heavy atom. The van der Waals surface area contributed by atoms with Gasteiger partial charge in [-0.3, -0.25) is 0 Å². The molecule has 1 rings (SSSR count). The van der Waals surface area contributed by atoms with E-state index in [9.17, 15) is 4.79 Å². The monoisotopic (exact) mass is 181 g/mol. The Labute approximate surface area is 75.8 Å². The maximum Gasteiger partial charge on any atom is 0.338 e. The van der Waals surface area contributed by atoms with Crippen LogP contribution in [0.4, 0.5) is 11.5 Å². The minimum absolute atomic E-state index is 0.164. The minimum atomic E-state index is -1.00. The van der Waals surface area contributed by atoms with Crippen LogP contribution in [0.25, 0.3) is 0 Å². The summed E-state index contributed by atoms with van der Waals surface area (Å²) >= 11 is 0. The molecule has 0 radical (unpaired) electrons. The highest BCUT2D eigenvalue weighted by atomic mass is 16.4. The molecule has 0 spiro atoms. The third-order valence-corrected chi connectivity index (χ3v) is 1.62. The van der Waals surface area contributed by atoms with Crippen LogP contribution in [-0.2, 0) is 0 Å². The Hall–Kier alpha value is -1.78. The SMILES string of the molecule is CN(C)c1cnc(N)cc1C(=O)O. The second-order valence-electron chi connectivity index (χ2n) is 2.83. The van der Waals surface area contributed by atoms with Gasteiger partial charge < -0.3 is 15.7 Å². The molecule has 0 saturated heterocycles. The van der Waals surface area contributed by atoms with Crippen molar-refractivity contribution in [1.29, 1.82) is 0 Å². The molecule has 5 nitrogen and oxygen atoms in total. The first kappa shape index (κ1) is 9.31. The number of carboxylic acids is 1. The molecule has 0 aliphatic carbocycles. The van der Waals surface area contributed by atoms with Crippen LogP contribution in [0.3, 0.4) is 0 Å². The largest absolute Gasteiger partial charge is 0.478 e. The van der Waals surface area contributed by atoms with Gasteiger partial charge in [-0.15, -0.1) is 0 Å². The van der Waals surface area contributed by atoms with Crippen molar-refractivity contribution < 1.29 is 9.90 Å². The molecule has 0 saturated carbocycles. The van der Waals surface area contributed by atoms with Gasteiger partial charge >= 0.3 is 5.97 Å². The fraction of sp³-hybridized carbons (Fsp3) is 0.250. The number of carbonyl (C=O) groups is 1. The molecule has 0 fully saturated rings. The number of nitrogen functional groups attached to an aromatic ring is 1. The van der Waals surface area contributed by atoms with Gasteiger partial charge in [0.05, 0.1) is 17.4 Å². The highest BCUT2D eigenvalue weighted by Gasteiger charge is 2.12. The van der Waals surface area contributed by atoms with Gasteiger partial charge in [-0.2, -0.15) is 0 Å². The summed E-state index contributed by atoms with van der Waals surface area (Å²) in [5, 5.41) is 8.83. The third kappa shape index (κ3) is 1.87. The van der Waals surface area contributed by atoms with Gasteiger partial charge in [-0.1, -0.05) is 0 Å². The molecule has 0 aromatic carbocycles. The maximum atomic E-state index is 10.8. The smallest absolute Gasteiger partial charge is 0.338 e. The van der Waals surface area contributed by atoms with E-state index in [0.717, 1.165) is 0 Å². The van der Waals surface area contributed by atoms with Gasteiger partial charge in [-0.25, -0.2) is 9.78 Å². The summed E-state index contributed by atoms with van der Waals surface area (Å²) < 4.78 is 0. The fourth-order valence-electron chi connectivity index (χ4n) is 0.992. The topological polar surface area (TPSA) is 79.5 Å². The molecular formula is C8H11N3O2. The highest BCUT2D eigenvalue weighted by molar-refractivity contribution is 5.94. The molecule has 0 unspecified atom stereocenters. The van der Waals surface area contributed by atoms with E-state index in [-0.39, 0.29) is 11.4 Å². The highest BCUT2D eigenvalue weighted by Crippen LogP contribution is 2.18. The van der Waals surface area contributed by atoms with Crippen LogP contribution in [0, 0.1) is 0 Å². The zero-order valence-electron chi connectivity index (χ0n) is 7.48. The summed E-state index contributed by atoms with van der Waals surface area (Å²) in [6.07, 6.45) is 1.44. The predicted molar refractivity (Wildman–Crippen MR) is 49.9 cm³/mol. The summed E-state index contributed by atoms with van der Waals surface area (Å²) in [4.78, 5) is 16.3. The average Bonchev–Trinajstić information content (AvgIpc) is 2.03. The van der Waals surface area contributed by atoms with E-state index in [0.29, 0.717) is 5.69 Å². The number of carboxylic acid groups (broad SMARTS) is 1. The summed E-state index contributed by atoms with van der Waals surface area (Å²) in [7, 11) is 3.50. The normalized spacial score (nSPS) is 9.69. The number of rotatable bonds is 2. The zero-order chi connectivity index (χ0) is 10.0. The quantitative estimate of drug-likeness (QED) is 0.691. The van der Waals surface area contributed by atoms with Crippen molar-refractivity contribution in [3.8, 4) is 0 Å². The zero-order valence-corrected chi connectivity index (χ0v) is 7.48. The number of nitrogens with zero attached hydrogens (tertiary/aromatic N) is 2. The molecule has 1 aromatic rings. The summed E-state index contributed by atoms with van der Waals surface area (Å²) in [5.41, 5.74) is 6.08. The van der Waals surface area contributed by atoms with E-state index in [1.54, 1.807) is 19.0 Å². The molecule has 0 aliphatic rings. The Morgan fingerprint density at radius 1 is 1.62 bits per heavy atom. The van der Waals surface area contributed by atoms with Crippen molar-refractivity contribution in [2.24, 2.45) is 0 Å². The second-order valence-corrected chi connectivity index (χ2v) is 2.83. The summed E-state index contributed by atoms with van der Waals surface area (Å²) in [6.45, 7) is 0. The van der Waals surface area contributed by atoms with Crippen molar-refractivity contribution in [1.82, 2.24) is 4.98 Å². The number of nitrogens with two attached hydrogens (primary N) is 1. The molecule has 0 atom stereocenters. The number of aromatic nitrogens is 1. The molecule has 1 aromatic heterocycles. The van der Waals surface area contributed by atoms with Gasteiger partial charge in [0.1, 0.15) is 5.82 Å². The van der Waals surface area contributed by atoms with Crippen LogP contribution in [0.2, 0.25) is 0 Å². The first-order valence-corrected chi connectivity index (χ1v) is 3.68. The van der Waals surface area contributed by atoms with E-state index in [4.69, 9.17) is 10.8 Å². The van der Waals surface area contributed by atoms with E-state index in [1.165, 1.54) is 12.3 Å². The molecule has 0 aliphatic heterocycles. The fourth-order valence-corrected chi connectivity index (χ4v) is 0.992. The van der Waals surface area contributed by atoms with E-state index in [1.807, 2.05) is 0 Å². The van der Waals surface area contributed by atoms with Crippen LogP contribution in [-0.4, -0.2) is 30.2 Å². The number of anilines is 2. The first-order valence-electron chi connectivity index (χ1n) is 3.68. The third-order valence-electron chi connectivity index (χ3n) is 1.62. The van der Waals surface area contributed by atoms with Crippen LogP contribution in [0.1, 0.15) is 10.4 Å². The van der Waals surface area contributed by atoms with E-state index in [2.05, 4.69) is 4.98 Å². The minimum Gasteiger partial charge on any atom is -0.478 e. The molecule has 1 heterocycles. The van der Waals surface area contributed by atoms with Crippen LogP contribution in [0.15, 0.2) is 12.3 Å². The number of pyridine rings is 1. The van der Waals surface area contributed by atoms with Crippen molar-refractivity contribution in [2.45, 2.75) is 0 Å². The Morgan fingerprint density at radius 2 is 2.23 bits per heavy atom. The lowest BCUT2D eigenvalue weighted by atomic mass is 10.2. The van der Waals surface area contributed by atoms with Crippen LogP contribution in [0.5, 0.6) is 0 Å². The maximum absolute atomic E-state index is 10.8. The van der Waals surface area contributed by atoms with Crippen LogP contribution >= 0.6 is 0 Å². The average molecular weight is 181 g/mol. The summed E-state index contributed by atoms with van der Waals surface area (Å²) in [6, 6.07) is 1.34. The predicted octanol–water partition coefficient (Wildman–Crippen LogP) is 0.428. The molecular weight excluding hydrogens is 170 g/mol. The Kier molecular flexibility index (Phi) is 2.36. The number of hydrogen-bond donors (Lipinski definition) is 2. The Balaban J connectivity index is 3.27. The number of hydrogen-bond acceptors (Lipinski definition) is 4. The van der Waals surface area contributed by atoms with Gasteiger partial charge in [0.25, 0.3) is 0 Å². The Bertz CT molecular complexity index is 336. The van der Waals surface area contributed by atoms with Gasteiger partial charge in [-0.05, 0) is 6.07 Å². The lowest BCUT2D eigenvalue weighted by molar-refractivity contribution is 0.0697. The van der Waals surface area contributed by atoms with Crippen LogP contribution < -0.4 is 10.6 Å². The lowest BCUT2D eigenvalue weighted by Crippen LogP contribution is -2.14. The van der Waals surface area contributed by atoms with Crippen molar-refractivity contribution in [3.63, 3.8) is 0 Å². The molecule has 3 N–H and O–H groups in total. The molecule has 0 bridgehead atoms. The van der Waals surface area contributed by atoms with Gasteiger partial charge in [0, 0.05) is 14.1 Å². The second kappa shape index (κ2) is 3.30. The molecule has 70 valence electrons. The van der Waals surface area contributed by atoms with E-state index < -0.39 is 5.97 Å². The van der Waals surface area contributed by atoms with Crippen molar-refractivity contribution >= 4 is 17.5 Å². The van der Waals surface area contributed by atoms with Gasteiger partial charge in [0.2, 0.25) is 0 Å². The standard InChI is InChI=1S/C8H11N3O2/c1-11(2)6-4-10-7(9)3-5(6)8(12)13/h3-4H,1-2H3,(H2,9,10)(H,12,13). The van der Waals surface area contributed by atoms with Gasteiger partial charge in [0.15, 0.2) is 0 Å². The molecule has 5 heteroatoms. The lowest BCUT2D eigenvalue weighted by Gasteiger charge is -2.14. The van der Waals surface area contributed by atoms with Crippen molar-refractivity contribution in [3.05, 3.63) is 17.8 Å². The van der Waals surface area contributed by atoms with E-state index >= 15 is 0 Å². The number of aromatic carboxylic acids is 1. The first-order chi connectivity index (χ1) is 6.02.